The van der Waals surface area contributed by atoms with Gasteiger partial charge in [-0.1, -0.05) is 19.8 Å². The molecule has 0 unspecified atom stereocenters. The molecular weight excluding hydrogens is 178 g/mol. The van der Waals surface area contributed by atoms with Crippen LogP contribution in [0, 0.1) is 0 Å². The van der Waals surface area contributed by atoms with Gasteiger partial charge in [-0.2, -0.15) is 0 Å². The van der Waals surface area contributed by atoms with Crippen LogP contribution < -0.4 is 5.32 Å². The lowest BCUT2D eigenvalue weighted by Gasteiger charge is -2.21. The van der Waals surface area contributed by atoms with Crippen molar-refractivity contribution in [1.29, 1.82) is 0 Å². The van der Waals surface area contributed by atoms with Crippen molar-refractivity contribution >= 4 is 0 Å². The van der Waals surface area contributed by atoms with Crippen LogP contribution in [0.25, 0.3) is 0 Å². The maximum Gasteiger partial charge on any atom is 0.0880 e. The molecule has 0 aromatic rings. The van der Waals surface area contributed by atoms with Crippen molar-refractivity contribution < 1.29 is 9.84 Å². The van der Waals surface area contributed by atoms with Gasteiger partial charge in [-0.3, -0.25) is 0 Å². The molecule has 1 fully saturated rings. The standard InChI is InChI=1S/C11H23NO2/c1-2-7-12-8-9-14-10-11(13)5-3-4-6-11/h12-13H,2-10H2,1H3. The molecule has 0 saturated heterocycles. The van der Waals surface area contributed by atoms with Gasteiger partial charge in [-0.15, -0.1) is 0 Å². The molecule has 1 aliphatic rings. The molecule has 0 atom stereocenters. The summed E-state index contributed by atoms with van der Waals surface area (Å²) in [7, 11) is 0. The minimum Gasteiger partial charge on any atom is -0.387 e. The molecule has 0 spiro atoms. The van der Waals surface area contributed by atoms with E-state index >= 15 is 0 Å². The lowest BCUT2D eigenvalue weighted by atomic mass is 10.0. The van der Waals surface area contributed by atoms with E-state index in [0.717, 1.165) is 45.2 Å². The molecule has 0 heterocycles. The van der Waals surface area contributed by atoms with E-state index in [9.17, 15) is 5.11 Å². The van der Waals surface area contributed by atoms with Gasteiger partial charge in [0.05, 0.1) is 18.8 Å². The minimum atomic E-state index is -0.509. The van der Waals surface area contributed by atoms with Crippen LogP contribution in [-0.4, -0.2) is 37.0 Å². The third-order valence-electron chi connectivity index (χ3n) is 2.75. The molecule has 84 valence electrons. The van der Waals surface area contributed by atoms with Crippen molar-refractivity contribution in [3.63, 3.8) is 0 Å². The number of hydrogen-bond donors (Lipinski definition) is 2. The molecule has 1 aliphatic carbocycles. The third-order valence-corrected chi connectivity index (χ3v) is 2.75. The fraction of sp³-hybridized carbons (Fsp3) is 1.00. The second kappa shape index (κ2) is 6.38. The molecule has 0 aromatic carbocycles. The highest BCUT2D eigenvalue weighted by Crippen LogP contribution is 2.29. The highest BCUT2D eigenvalue weighted by Gasteiger charge is 2.30. The van der Waals surface area contributed by atoms with E-state index < -0.39 is 5.60 Å². The Hall–Kier alpha value is -0.120. The summed E-state index contributed by atoms with van der Waals surface area (Å²) >= 11 is 0. The monoisotopic (exact) mass is 201 g/mol. The van der Waals surface area contributed by atoms with Crippen LogP contribution in [0.4, 0.5) is 0 Å². The number of nitrogens with one attached hydrogen (secondary N) is 1. The summed E-state index contributed by atoms with van der Waals surface area (Å²) in [6, 6.07) is 0. The van der Waals surface area contributed by atoms with Gasteiger partial charge in [0.1, 0.15) is 0 Å². The van der Waals surface area contributed by atoms with Crippen LogP contribution >= 0.6 is 0 Å². The Kier molecular flexibility index (Phi) is 5.45. The van der Waals surface area contributed by atoms with E-state index in [1.807, 2.05) is 0 Å². The van der Waals surface area contributed by atoms with E-state index in [1.54, 1.807) is 0 Å². The van der Waals surface area contributed by atoms with E-state index in [2.05, 4.69) is 12.2 Å². The SMILES string of the molecule is CCCNCCOCC1(O)CCCC1. The normalized spacial score (nSPS) is 20.1. The highest BCUT2D eigenvalue weighted by atomic mass is 16.5. The van der Waals surface area contributed by atoms with E-state index in [0.29, 0.717) is 13.2 Å². The first-order valence-corrected chi connectivity index (χ1v) is 5.78. The van der Waals surface area contributed by atoms with Gasteiger partial charge in [0.25, 0.3) is 0 Å². The van der Waals surface area contributed by atoms with Gasteiger partial charge >= 0.3 is 0 Å². The largest absolute Gasteiger partial charge is 0.387 e. The Bertz CT molecular complexity index is 144. The lowest BCUT2D eigenvalue weighted by molar-refractivity contribution is -0.0403. The highest BCUT2D eigenvalue weighted by molar-refractivity contribution is 4.83. The van der Waals surface area contributed by atoms with Crippen molar-refractivity contribution in [2.24, 2.45) is 0 Å². The predicted octanol–water partition coefficient (Wildman–Crippen LogP) is 1.31. The van der Waals surface area contributed by atoms with E-state index in [1.165, 1.54) is 0 Å². The van der Waals surface area contributed by atoms with E-state index in [4.69, 9.17) is 4.74 Å². The average molecular weight is 201 g/mol. The van der Waals surface area contributed by atoms with Crippen molar-refractivity contribution in [3.8, 4) is 0 Å². The molecule has 3 nitrogen and oxygen atoms in total. The molecule has 3 heteroatoms. The Morgan fingerprint density at radius 2 is 2.00 bits per heavy atom. The van der Waals surface area contributed by atoms with Crippen molar-refractivity contribution in [3.05, 3.63) is 0 Å². The third kappa shape index (κ3) is 4.40. The smallest absolute Gasteiger partial charge is 0.0880 e. The van der Waals surface area contributed by atoms with Gasteiger partial charge in [0.15, 0.2) is 0 Å². The summed E-state index contributed by atoms with van der Waals surface area (Å²) in [5.41, 5.74) is -0.509. The minimum absolute atomic E-state index is 0.509. The first-order chi connectivity index (χ1) is 6.77. The first-order valence-electron chi connectivity index (χ1n) is 5.78. The van der Waals surface area contributed by atoms with E-state index in [-0.39, 0.29) is 0 Å². The van der Waals surface area contributed by atoms with Crippen molar-refractivity contribution in [2.75, 3.05) is 26.3 Å². The fourth-order valence-electron chi connectivity index (χ4n) is 1.89. The van der Waals surface area contributed by atoms with Gasteiger partial charge in [-0.05, 0) is 25.8 Å². The Labute approximate surface area is 86.8 Å². The lowest BCUT2D eigenvalue weighted by Crippen LogP contribution is -2.32. The van der Waals surface area contributed by atoms with Crippen LogP contribution in [0.5, 0.6) is 0 Å². The second-order valence-electron chi connectivity index (χ2n) is 4.23. The summed E-state index contributed by atoms with van der Waals surface area (Å²) < 4.78 is 5.45. The summed E-state index contributed by atoms with van der Waals surface area (Å²) in [4.78, 5) is 0. The Morgan fingerprint density at radius 1 is 1.29 bits per heavy atom. The van der Waals surface area contributed by atoms with Crippen LogP contribution in [0.15, 0.2) is 0 Å². The first kappa shape index (κ1) is 12.0. The molecule has 14 heavy (non-hydrogen) atoms. The van der Waals surface area contributed by atoms with Crippen LogP contribution in [0.3, 0.4) is 0 Å². The number of rotatable bonds is 7. The molecule has 0 aliphatic heterocycles. The predicted molar refractivity (Wildman–Crippen MR) is 57.4 cm³/mol. The summed E-state index contributed by atoms with van der Waals surface area (Å²) in [5, 5.41) is 13.2. The maximum absolute atomic E-state index is 9.95. The van der Waals surface area contributed by atoms with Crippen molar-refractivity contribution in [1.82, 2.24) is 5.32 Å². The maximum atomic E-state index is 9.95. The zero-order chi connectivity index (χ0) is 10.3. The van der Waals surface area contributed by atoms with Gasteiger partial charge in [0, 0.05) is 6.54 Å². The summed E-state index contributed by atoms with van der Waals surface area (Å²) in [6.45, 7) is 5.32. The van der Waals surface area contributed by atoms with Crippen LogP contribution in [-0.2, 0) is 4.74 Å². The zero-order valence-electron chi connectivity index (χ0n) is 9.22. The summed E-state index contributed by atoms with van der Waals surface area (Å²) in [6.07, 6.45) is 5.27. The fourth-order valence-corrected chi connectivity index (χ4v) is 1.89. The number of hydrogen-bond acceptors (Lipinski definition) is 3. The zero-order valence-corrected chi connectivity index (χ0v) is 9.22. The van der Waals surface area contributed by atoms with Gasteiger partial charge in [0.2, 0.25) is 0 Å². The quantitative estimate of drug-likeness (QED) is 0.610. The number of aliphatic hydroxyl groups is 1. The molecule has 1 saturated carbocycles. The molecular formula is C11H23NO2. The molecule has 2 N–H and O–H groups in total. The van der Waals surface area contributed by atoms with Crippen LogP contribution in [0.1, 0.15) is 39.0 Å². The molecule has 0 bridgehead atoms. The molecule has 0 aromatic heterocycles. The van der Waals surface area contributed by atoms with Crippen LogP contribution in [0.2, 0.25) is 0 Å². The number of ether oxygens (including phenoxy) is 1. The van der Waals surface area contributed by atoms with Gasteiger partial charge in [-0.25, -0.2) is 0 Å². The van der Waals surface area contributed by atoms with Gasteiger partial charge < -0.3 is 15.2 Å². The second-order valence-corrected chi connectivity index (χ2v) is 4.23. The topological polar surface area (TPSA) is 41.5 Å². The van der Waals surface area contributed by atoms with Crippen molar-refractivity contribution in [2.45, 2.75) is 44.6 Å². The summed E-state index contributed by atoms with van der Waals surface area (Å²) in [5.74, 6) is 0. The molecule has 0 amide bonds. The molecule has 1 rings (SSSR count). The average Bonchev–Trinajstić information content (AvgIpc) is 2.59. The Morgan fingerprint density at radius 3 is 2.64 bits per heavy atom. The molecule has 0 radical (unpaired) electrons. The Balaban J connectivity index is 1.92.